The standard InChI is InChI=1S/C37H43N3O5S/c1-5-6-22-38-37(42)35(25-30-14-9-7-10-15-30)39(26-31-16-13-17-33(24-31)45-4)36(41)27-40(32-21-20-28(2)29(3)23-32)46(43,44)34-18-11-8-12-19-34/h7-21,23-24,35H,5-6,22,25-27H2,1-4H3,(H,38,42)/t35-/m0/s1. The Morgan fingerprint density at radius 1 is 0.826 bits per heavy atom. The molecule has 2 amide bonds. The van der Waals surface area contributed by atoms with Gasteiger partial charge in [0, 0.05) is 19.5 Å². The first kappa shape index (κ1) is 34.2. The largest absolute Gasteiger partial charge is 0.497 e. The number of sulfonamides is 1. The number of carbonyl (C=O) groups is 2. The summed E-state index contributed by atoms with van der Waals surface area (Å²) in [5.41, 5.74) is 3.89. The Labute approximate surface area is 273 Å². The SMILES string of the molecule is CCCCNC(=O)[C@H](Cc1ccccc1)N(Cc1cccc(OC)c1)C(=O)CN(c1ccc(C)c(C)c1)S(=O)(=O)c1ccccc1. The Morgan fingerprint density at radius 2 is 1.50 bits per heavy atom. The fourth-order valence-corrected chi connectivity index (χ4v) is 6.58. The summed E-state index contributed by atoms with van der Waals surface area (Å²) in [6.45, 7) is 5.93. The molecule has 0 spiro atoms. The third kappa shape index (κ3) is 8.75. The third-order valence-electron chi connectivity index (χ3n) is 7.98. The lowest BCUT2D eigenvalue weighted by atomic mass is 10.0. The summed E-state index contributed by atoms with van der Waals surface area (Å²) in [7, 11) is -2.59. The molecular formula is C37H43N3O5S. The number of methoxy groups -OCH3 is 1. The number of hydrogen-bond acceptors (Lipinski definition) is 5. The molecule has 46 heavy (non-hydrogen) atoms. The average Bonchev–Trinajstić information content (AvgIpc) is 3.07. The van der Waals surface area contributed by atoms with E-state index in [1.807, 2.05) is 81.4 Å². The van der Waals surface area contributed by atoms with Crippen LogP contribution in [0.25, 0.3) is 0 Å². The molecule has 0 saturated heterocycles. The third-order valence-corrected chi connectivity index (χ3v) is 9.76. The number of carbonyl (C=O) groups excluding carboxylic acids is 2. The predicted octanol–water partition coefficient (Wildman–Crippen LogP) is 6.06. The van der Waals surface area contributed by atoms with E-state index in [1.165, 1.54) is 17.0 Å². The van der Waals surface area contributed by atoms with Crippen molar-refractivity contribution in [3.8, 4) is 5.75 Å². The molecule has 0 aliphatic rings. The van der Waals surface area contributed by atoms with E-state index < -0.39 is 28.5 Å². The van der Waals surface area contributed by atoms with E-state index in [1.54, 1.807) is 37.4 Å². The highest BCUT2D eigenvalue weighted by molar-refractivity contribution is 7.92. The van der Waals surface area contributed by atoms with Gasteiger partial charge in [0.2, 0.25) is 11.8 Å². The summed E-state index contributed by atoms with van der Waals surface area (Å²) in [4.78, 5) is 30.0. The van der Waals surface area contributed by atoms with E-state index in [0.29, 0.717) is 18.0 Å². The number of aryl methyl sites for hydroxylation is 2. The van der Waals surface area contributed by atoms with Gasteiger partial charge in [-0.1, -0.05) is 80.1 Å². The molecule has 4 rings (SSSR count). The van der Waals surface area contributed by atoms with E-state index in [-0.39, 0.29) is 23.8 Å². The van der Waals surface area contributed by atoms with Gasteiger partial charge in [0.15, 0.2) is 0 Å². The second-order valence-electron chi connectivity index (χ2n) is 11.3. The maximum Gasteiger partial charge on any atom is 0.264 e. The second-order valence-corrected chi connectivity index (χ2v) is 13.2. The maximum atomic E-state index is 14.6. The van der Waals surface area contributed by atoms with E-state index in [2.05, 4.69) is 5.32 Å². The van der Waals surface area contributed by atoms with Gasteiger partial charge in [-0.2, -0.15) is 0 Å². The molecule has 0 unspecified atom stereocenters. The Hall–Kier alpha value is -4.63. The van der Waals surface area contributed by atoms with Crippen molar-refractivity contribution >= 4 is 27.5 Å². The van der Waals surface area contributed by atoms with Gasteiger partial charge in [-0.15, -0.1) is 0 Å². The first-order valence-corrected chi connectivity index (χ1v) is 17.0. The molecule has 242 valence electrons. The van der Waals surface area contributed by atoms with Crippen LogP contribution in [-0.2, 0) is 32.6 Å². The van der Waals surface area contributed by atoms with Crippen molar-refractivity contribution in [3.63, 3.8) is 0 Å². The van der Waals surface area contributed by atoms with E-state index >= 15 is 0 Å². The van der Waals surface area contributed by atoms with E-state index in [9.17, 15) is 18.0 Å². The lowest BCUT2D eigenvalue weighted by Gasteiger charge is -2.34. The van der Waals surface area contributed by atoms with Crippen molar-refractivity contribution in [3.05, 3.63) is 125 Å². The van der Waals surface area contributed by atoms with Gasteiger partial charge in [-0.3, -0.25) is 13.9 Å². The minimum absolute atomic E-state index is 0.0681. The van der Waals surface area contributed by atoms with Crippen LogP contribution in [0, 0.1) is 13.8 Å². The number of anilines is 1. The minimum atomic E-state index is -4.15. The average molecular weight is 642 g/mol. The van der Waals surface area contributed by atoms with Gasteiger partial charge in [0.05, 0.1) is 17.7 Å². The Bertz CT molecular complexity index is 1710. The van der Waals surface area contributed by atoms with Gasteiger partial charge in [0.1, 0.15) is 18.3 Å². The molecule has 8 nitrogen and oxygen atoms in total. The van der Waals surface area contributed by atoms with Crippen molar-refractivity contribution in [2.45, 2.75) is 57.5 Å². The summed E-state index contributed by atoms with van der Waals surface area (Å²) >= 11 is 0. The number of benzene rings is 4. The number of rotatable bonds is 15. The minimum Gasteiger partial charge on any atom is -0.497 e. The number of hydrogen-bond donors (Lipinski definition) is 1. The normalized spacial score (nSPS) is 11.8. The zero-order valence-corrected chi connectivity index (χ0v) is 27.8. The van der Waals surface area contributed by atoms with E-state index in [0.717, 1.165) is 39.4 Å². The smallest absolute Gasteiger partial charge is 0.264 e. The fraction of sp³-hybridized carbons (Fsp3) is 0.297. The summed E-state index contributed by atoms with van der Waals surface area (Å²) in [5, 5.41) is 3.01. The quantitative estimate of drug-likeness (QED) is 0.159. The molecule has 9 heteroatoms. The van der Waals surface area contributed by atoms with Crippen LogP contribution >= 0.6 is 0 Å². The lowest BCUT2D eigenvalue weighted by Crippen LogP contribution is -2.53. The van der Waals surface area contributed by atoms with Gasteiger partial charge in [0.25, 0.3) is 10.0 Å². The zero-order chi connectivity index (χ0) is 33.1. The van der Waals surface area contributed by atoms with Crippen LogP contribution < -0.4 is 14.4 Å². The van der Waals surface area contributed by atoms with Crippen LogP contribution in [0.2, 0.25) is 0 Å². The van der Waals surface area contributed by atoms with E-state index in [4.69, 9.17) is 4.74 Å². The van der Waals surface area contributed by atoms with Crippen LogP contribution in [0.4, 0.5) is 5.69 Å². The van der Waals surface area contributed by atoms with Crippen LogP contribution in [0.1, 0.15) is 42.0 Å². The summed E-state index contributed by atoms with van der Waals surface area (Å²) in [6, 6.07) is 29.3. The molecular weight excluding hydrogens is 598 g/mol. The zero-order valence-electron chi connectivity index (χ0n) is 27.0. The molecule has 0 aliphatic heterocycles. The van der Waals surface area contributed by atoms with Crippen molar-refractivity contribution in [1.82, 2.24) is 10.2 Å². The molecule has 0 bridgehead atoms. The fourth-order valence-electron chi connectivity index (χ4n) is 5.16. The second kappa shape index (κ2) is 16.1. The van der Waals surface area contributed by atoms with Crippen LogP contribution in [0.15, 0.2) is 108 Å². The first-order chi connectivity index (χ1) is 22.1. The number of amides is 2. The summed E-state index contributed by atoms with van der Waals surface area (Å²) < 4.78 is 34.9. The molecule has 0 aromatic heterocycles. The molecule has 1 atom stereocenters. The number of nitrogens with zero attached hydrogens (tertiary/aromatic N) is 2. The Morgan fingerprint density at radius 3 is 2.15 bits per heavy atom. The molecule has 0 aliphatic carbocycles. The summed E-state index contributed by atoms with van der Waals surface area (Å²) in [6.07, 6.45) is 1.95. The number of ether oxygens (including phenoxy) is 1. The van der Waals surface area contributed by atoms with Gasteiger partial charge in [-0.05, 0) is 78.9 Å². The monoisotopic (exact) mass is 641 g/mol. The van der Waals surface area contributed by atoms with Gasteiger partial charge in [-0.25, -0.2) is 8.42 Å². The topological polar surface area (TPSA) is 96.0 Å². The van der Waals surface area contributed by atoms with Gasteiger partial charge < -0.3 is 15.0 Å². The Kier molecular flexibility index (Phi) is 12.0. The highest BCUT2D eigenvalue weighted by Crippen LogP contribution is 2.27. The predicted molar refractivity (Wildman–Crippen MR) is 182 cm³/mol. The highest BCUT2D eigenvalue weighted by Gasteiger charge is 2.34. The molecule has 0 radical (unpaired) electrons. The van der Waals surface area contributed by atoms with Crippen molar-refractivity contribution in [1.29, 1.82) is 0 Å². The van der Waals surface area contributed by atoms with Crippen molar-refractivity contribution < 1.29 is 22.7 Å². The first-order valence-electron chi connectivity index (χ1n) is 15.5. The highest BCUT2D eigenvalue weighted by atomic mass is 32.2. The maximum absolute atomic E-state index is 14.6. The Balaban J connectivity index is 1.81. The molecule has 1 N–H and O–H groups in total. The molecule has 4 aromatic rings. The number of unbranched alkanes of at least 4 members (excludes halogenated alkanes) is 1. The molecule has 0 fully saturated rings. The van der Waals surface area contributed by atoms with Crippen LogP contribution in [0.5, 0.6) is 5.75 Å². The molecule has 0 saturated carbocycles. The van der Waals surface area contributed by atoms with Crippen molar-refractivity contribution in [2.24, 2.45) is 0 Å². The van der Waals surface area contributed by atoms with Gasteiger partial charge >= 0.3 is 0 Å². The lowest BCUT2D eigenvalue weighted by molar-refractivity contribution is -0.140. The van der Waals surface area contributed by atoms with Crippen LogP contribution in [-0.4, -0.2) is 51.4 Å². The van der Waals surface area contributed by atoms with Crippen molar-refractivity contribution in [2.75, 3.05) is 24.5 Å². The molecule has 4 aromatic carbocycles. The summed E-state index contributed by atoms with van der Waals surface area (Å²) in [5.74, 6) is -0.190. The number of nitrogens with one attached hydrogen (secondary N) is 1. The molecule has 0 heterocycles. The van der Waals surface area contributed by atoms with Crippen LogP contribution in [0.3, 0.4) is 0 Å².